The molecule has 6 aromatic carbocycles. The number of ketones is 1. The third kappa shape index (κ3) is 6.15. The van der Waals surface area contributed by atoms with Gasteiger partial charge in [-0.05, 0) is 56.9 Å². The fourth-order valence-corrected chi connectivity index (χ4v) is 8.65. The molecule has 0 spiro atoms. The number of carbonyl (C=O) groups excluding carboxylic acids is 3. The van der Waals surface area contributed by atoms with Crippen LogP contribution >= 0.6 is 0 Å². The molecule has 11 heteroatoms. The summed E-state index contributed by atoms with van der Waals surface area (Å²) in [6.07, 6.45) is 0. The van der Waals surface area contributed by atoms with E-state index in [4.69, 9.17) is 6.57 Å². The molecule has 0 fully saturated rings. The van der Waals surface area contributed by atoms with E-state index >= 15 is 4.79 Å². The first-order valence-corrected chi connectivity index (χ1v) is 18.8. The lowest BCUT2D eigenvalue weighted by Crippen LogP contribution is -2.31. The number of allylic oxidation sites excluding steroid dienone is 2. The standard InChI is InChI=1S/C47H45N8O3/c1-25(56)50-33-22-36(52(4)5)40-31(20-27-16-12-14-18-29(27)45(40)54(8)9)38(33)43-42(35(24-48)49-3)44(47(43)58)39-32-21-28-17-13-15-19-30(28)46(55(10)11)41(32)37(53(6)7)23-34(39)51-26(2)57/h12-23,43H,1-2,4-11H3,(H,50,56)(H,51,57)/q-1. The lowest BCUT2D eigenvalue weighted by Gasteiger charge is -2.37. The lowest BCUT2D eigenvalue weighted by molar-refractivity contribution is -0.116. The molecule has 0 heterocycles. The van der Waals surface area contributed by atoms with Crippen LogP contribution in [0.1, 0.15) is 30.9 Å². The molecule has 0 aromatic heterocycles. The fourth-order valence-electron chi connectivity index (χ4n) is 8.65. The number of Topliss-reactive ketones (excluding diaryl/α,β-unsaturated/α-hetero) is 1. The molecule has 1 atom stereocenters. The van der Waals surface area contributed by atoms with E-state index in [-0.39, 0.29) is 34.4 Å². The Labute approximate surface area is 338 Å². The van der Waals surface area contributed by atoms with Crippen LogP contribution in [0.3, 0.4) is 0 Å². The highest BCUT2D eigenvalue weighted by atomic mass is 16.2. The number of anilines is 6. The number of hydrogen-bond donors (Lipinski definition) is 2. The molecule has 1 aliphatic rings. The van der Waals surface area contributed by atoms with Gasteiger partial charge in [-0.15, -0.1) is 0 Å². The Morgan fingerprint density at radius 3 is 1.60 bits per heavy atom. The summed E-state index contributed by atoms with van der Waals surface area (Å²) in [7, 11) is 15.6. The Kier molecular flexibility index (Phi) is 9.93. The Balaban J connectivity index is 1.71. The Hall–Kier alpha value is -7.15. The highest BCUT2D eigenvalue weighted by Crippen LogP contribution is 2.57. The summed E-state index contributed by atoms with van der Waals surface area (Å²) in [4.78, 5) is 53.2. The maximum atomic E-state index is 15.5. The van der Waals surface area contributed by atoms with E-state index in [0.29, 0.717) is 33.3 Å². The third-order valence-electron chi connectivity index (χ3n) is 10.8. The maximum Gasteiger partial charge on any atom is 0.221 e. The normalized spacial score (nSPS) is 13.6. The lowest BCUT2D eigenvalue weighted by atomic mass is 9.66. The van der Waals surface area contributed by atoms with E-state index in [0.717, 1.165) is 55.1 Å². The van der Waals surface area contributed by atoms with Crippen LogP contribution in [0.4, 0.5) is 34.1 Å². The van der Waals surface area contributed by atoms with Gasteiger partial charge in [0.05, 0.1) is 29.6 Å². The number of nitrogens with one attached hydrogen (secondary N) is 2. The van der Waals surface area contributed by atoms with Gasteiger partial charge in [0.25, 0.3) is 0 Å². The van der Waals surface area contributed by atoms with Gasteiger partial charge >= 0.3 is 0 Å². The van der Waals surface area contributed by atoms with Crippen molar-refractivity contribution in [1.29, 1.82) is 0 Å². The SMILES string of the molecule is [C-]#[N+]C(=C=[N-])C1=C(c2c(NC(C)=O)cc(N(C)C)c3c(N(C)C)c4ccccc4cc23)C(=O)C1c1c(NC(C)=O)cc(N(C)C)c2c(N(C)C)c3ccccc3cc12. The minimum atomic E-state index is -1.11. The van der Waals surface area contributed by atoms with Gasteiger partial charge in [0, 0.05) is 120 Å². The van der Waals surface area contributed by atoms with Gasteiger partial charge in [0.1, 0.15) is 0 Å². The molecule has 2 N–H and O–H groups in total. The smallest absolute Gasteiger partial charge is 0.221 e. The molecule has 292 valence electrons. The highest BCUT2D eigenvalue weighted by molar-refractivity contribution is 6.40. The molecule has 58 heavy (non-hydrogen) atoms. The first kappa shape index (κ1) is 39.1. The van der Waals surface area contributed by atoms with Crippen LogP contribution in [0.25, 0.3) is 58.9 Å². The highest BCUT2D eigenvalue weighted by Gasteiger charge is 2.46. The second-order valence-electron chi connectivity index (χ2n) is 15.5. The minimum absolute atomic E-state index is 0.170. The zero-order valence-corrected chi connectivity index (χ0v) is 34.4. The van der Waals surface area contributed by atoms with Crippen molar-refractivity contribution in [2.75, 3.05) is 86.6 Å². The van der Waals surface area contributed by atoms with Crippen LogP contribution in [0.2, 0.25) is 0 Å². The number of nitrogens with zero attached hydrogens (tertiary/aromatic N) is 6. The van der Waals surface area contributed by atoms with Crippen molar-refractivity contribution in [3.05, 3.63) is 112 Å². The Morgan fingerprint density at radius 1 is 0.672 bits per heavy atom. The van der Waals surface area contributed by atoms with E-state index in [1.165, 1.54) is 13.8 Å². The minimum Gasteiger partial charge on any atom is -0.775 e. The first-order chi connectivity index (χ1) is 27.6. The zero-order chi connectivity index (χ0) is 41.9. The van der Waals surface area contributed by atoms with E-state index in [1.807, 2.05) is 137 Å². The number of rotatable bonds is 9. The molecule has 7 rings (SSSR count). The van der Waals surface area contributed by atoms with Crippen molar-refractivity contribution < 1.29 is 14.4 Å². The van der Waals surface area contributed by atoms with Gasteiger partial charge in [0.15, 0.2) is 5.78 Å². The quantitative estimate of drug-likeness (QED) is 0.0860. The Bertz CT molecular complexity index is 2910. The van der Waals surface area contributed by atoms with Crippen molar-refractivity contribution in [2.45, 2.75) is 19.8 Å². The van der Waals surface area contributed by atoms with Crippen molar-refractivity contribution >= 4 is 106 Å². The molecular weight excluding hydrogens is 725 g/mol. The van der Waals surface area contributed by atoms with Crippen LogP contribution in [0, 0.1) is 6.57 Å². The molecule has 0 saturated carbocycles. The van der Waals surface area contributed by atoms with Crippen LogP contribution in [0.15, 0.2) is 84.1 Å². The van der Waals surface area contributed by atoms with Gasteiger partial charge in [-0.2, -0.15) is 0 Å². The molecule has 1 unspecified atom stereocenters. The molecule has 0 bridgehead atoms. The van der Waals surface area contributed by atoms with Crippen LogP contribution in [-0.2, 0) is 14.4 Å². The Morgan fingerprint density at radius 2 is 1.14 bits per heavy atom. The monoisotopic (exact) mass is 769 g/mol. The summed E-state index contributed by atoms with van der Waals surface area (Å²) >= 11 is 0. The fraction of sp³-hybridized carbons (Fsp3) is 0.234. The summed E-state index contributed by atoms with van der Waals surface area (Å²) in [6.45, 7) is 11.1. The summed E-state index contributed by atoms with van der Waals surface area (Å²) in [6, 6.07) is 23.8. The molecule has 11 nitrogen and oxygen atoms in total. The molecule has 1 aliphatic carbocycles. The third-order valence-corrected chi connectivity index (χ3v) is 10.8. The average molecular weight is 770 g/mol. The number of hydrogen-bond acceptors (Lipinski definition) is 7. The van der Waals surface area contributed by atoms with Crippen molar-refractivity contribution in [3.63, 3.8) is 0 Å². The van der Waals surface area contributed by atoms with Crippen molar-refractivity contribution in [3.8, 4) is 0 Å². The zero-order valence-electron chi connectivity index (χ0n) is 34.4. The second kappa shape index (κ2) is 14.7. The van der Waals surface area contributed by atoms with Crippen LogP contribution in [0.5, 0.6) is 0 Å². The van der Waals surface area contributed by atoms with E-state index in [1.54, 1.807) is 0 Å². The van der Waals surface area contributed by atoms with Crippen LogP contribution in [-0.4, -0.2) is 79.8 Å². The van der Waals surface area contributed by atoms with Gasteiger partial charge in [0.2, 0.25) is 17.5 Å². The summed E-state index contributed by atoms with van der Waals surface area (Å²) < 4.78 is 0. The van der Waals surface area contributed by atoms with Crippen molar-refractivity contribution in [1.82, 2.24) is 0 Å². The molecular formula is C47H45N8O3-. The van der Waals surface area contributed by atoms with Crippen LogP contribution < -0.4 is 30.2 Å². The average Bonchev–Trinajstić information content (AvgIpc) is 3.16. The van der Waals surface area contributed by atoms with Gasteiger partial charge in [-0.3, -0.25) is 20.3 Å². The van der Waals surface area contributed by atoms with E-state index in [2.05, 4.69) is 33.5 Å². The molecule has 6 aromatic rings. The number of carbonyl (C=O) groups is 3. The van der Waals surface area contributed by atoms with E-state index in [9.17, 15) is 15.0 Å². The van der Waals surface area contributed by atoms with E-state index < -0.39 is 5.92 Å². The first-order valence-electron chi connectivity index (χ1n) is 18.8. The van der Waals surface area contributed by atoms with Gasteiger partial charge in [-0.1, -0.05) is 48.5 Å². The largest absolute Gasteiger partial charge is 0.775 e. The van der Waals surface area contributed by atoms with Gasteiger partial charge < -0.3 is 35.6 Å². The number of fused-ring (bicyclic) bond motifs is 4. The predicted octanol–water partition coefficient (Wildman–Crippen LogP) is 8.64. The summed E-state index contributed by atoms with van der Waals surface area (Å²) in [5, 5.41) is 23.6. The second-order valence-corrected chi connectivity index (χ2v) is 15.5. The van der Waals surface area contributed by atoms with Crippen molar-refractivity contribution in [2.24, 2.45) is 0 Å². The summed E-state index contributed by atoms with van der Waals surface area (Å²) in [5.41, 5.74) is 5.28. The molecule has 2 amide bonds. The predicted molar refractivity (Wildman–Crippen MR) is 242 cm³/mol. The van der Waals surface area contributed by atoms with Gasteiger partial charge in [-0.25, -0.2) is 4.85 Å². The number of amides is 2. The molecule has 0 radical (unpaired) electrons. The maximum absolute atomic E-state index is 15.5. The molecule has 0 aliphatic heterocycles. The topological polar surface area (TPSA) is 115 Å². The summed E-state index contributed by atoms with van der Waals surface area (Å²) in [5.74, 6) is -0.0332. The molecule has 0 saturated heterocycles. The number of benzene rings is 6.